The second-order valence-electron chi connectivity index (χ2n) is 3.13. The highest BCUT2D eigenvalue weighted by Gasteiger charge is 2.20. The second-order valence-corrected chi connectivity index (χ2v) is 3.99. The lowest BCUT2D eigenvalue weighted by atomic mass is 10.2. The molecule has 0 aromatic heterocycles. The highest BCUT2D eigenvalue weighted by Crippen LogP contribution is 2.26. The smallest absolute Gasteiger partial charge is 0.354 e. The van der Waals surface area contributed by atoms with E-state index in [4.69, 9.17) is 4.74 Å². The first-order chi connectivity index (χ1) is 7.58. The van der Waals surface area contributed by atoms with E-state index in [0.717, 1.165) is 5.56 Å². The number of aldehydes is 1. The Hall–Kier alpha value is -1.36. The molecule has 0 saturated heterocycles. The number of rotatable bonds is 4. The minimum atomic E-state index is -1.23. The SMILES string of the molecule is COC(=O)C(C=O)Oc1ccc(C)cc1Br. The third kappa shape index (κ3) is 3.06. The van der Waals surface area contributed by atoms with Crippen molar-refractivity contribution in [1.29, 1.82) is 0 Å². The summed E-state index contributed by atoms with van der Waals surface area (Å²) in [5.74, 6) is -0.296. The molecule has 1 aromatic carbocycles. The standard InChI is InChI=1S/C11H11BrO4/c1-7-3-4-9(8(12)5-7)16-10(6-13)11(14)15-2/h3-6,10H,1-2H3. The van der Waals surface area contributed by atoms with E-state index in [9.17, 15) is 9.59 Å². The molecule has 0 aliphatic rings. The summed E-state index contributed by atoms with van der Waals surface area (Å²) in [6.07, 6.45) is -0.831. The van der Waals surface area contributed by atoms with Gasteiger partial charge in [0.2, 0.25) is 6.10 Å². The lowest BCUT2D eigenvalue weighted by Gasteiger charge is -2.12. The first-order valence-corrected chi connectivity index (χ1v) is 5.33. The average molecular weight is 287 g/mol. The Morgan fingerprint density at radius 2 is 2.19 bits per heavy atom. The van der Waals surface area contributed by atoms with Crippen LogP contribution in [-0.2, 0) is 14.3 Å². The molecule has 0 amide bonds. The predicted molar refractivity (Wildman–Crippen MR) is 61.4 cm³/mol. The fraction of sp³-hybridized carbons (Fsp3) is 0.273. The van der Waals surface area contributed by atoms with Crippen molar-refractivity contribution in [1.82, 2.24) is 0 Å². The molecule has 16 heavy (non-hydrogen) atoms. The summed E-state index contributed by atoms with van der Waals surface area (Å²) in [7, 11) is 1.20. The Morgan fingerprint density at radius 3 is 2.69 bits per heavy atom. The topological polar surface area (TPSA) is 52.6 Å². The third-order valence-corrected chi connectivity index (χ3v) is 2.52. The number of carbonyl (C=O) groups is 2. The lowest BCUT2D eigenvalue weighted by molar-refractivity contribution is -0.150. The molecular weight excluding hydrogens is 276 g/mol. The largest absolute Gasteiger partial charge is 0.470 e. The highest BCUT2D eigenvalue weighted by atomic mass is 79.9. The van der Waals surface area contributed by atoms with Gasteiger partial charge in [-0.15, -0.1) is 0 Å². The maximum absolute atomic E-state index is 11.1. The van der Waals surface area contributed by atoms with Gasteiger partial charge < -0.3 is 9.47 Å². The molecule has 0 radical (unpaired) electrons. The van der Waals surface area contributed by atoms with E-state index in [1.807, 2.05) is 19.1 Å². The molecule has 0 heterocycles. The Balaban J connectivity index is 2.86. The second kappa shape index (κ2) is 5.65. The van der Waals surface area contributed by atoms with Crippen LogP contribution in [0.15, 0.2) is 22.7 Å². The minimum Gasteiger partial charge on any atom is -0.470 e. The van der Waals surface area contributed by atoms with Crippen LogP contribution in [0.5, 0.6) is 5.75 Å². The van der Waals surface area contributed by atoms with Crippen LogP contribution in [0.2, 0.25) is 0 Å². The Morgan fingerprint density at radius 1 is 1.50 bits per heavy atom. The van der Waals surface area contributed by atoms with Crippen LogP contribution in [-0.4, -0.2) is 25.5 Å². The summed E-state index contributed by atoms with van der Waals surface area (Å²) in [6.45, 7) is 1.92. The van der Waals surface area contributed by atoms with E-state index < -0.39 is 12.1 Å². The molecular formula is C11H11BrO4. The van der Waals surface area contributed by atoms with Crippen molar-refractivity contribution >= 4 is 28.2 Å². The maximum Gasteiger partial charge on any atom is 0.354 e. The molecule has 0 bridgehead atoms. The fourth-order valence-corrected chi connectivity index (χ4v) is 1.67. The van der Waals surface area contributed by atoms with Gasteiger partial charge in [-0.2, -0.15) is 0 Å². The van der Waals surface area contributed by atoms with E-state index in [0.29, 0.717) is 16.5 Å². The van der Waals surface area contributed by atoms with Gasteiger partial charge in [-0.3, -0.25) is 4.79 Å². The average Bonchev–Trinajstić information content (AvgIpc) is 2.27. The molecule has 0 aliphatic carbocycles. The van der Waals surface area contributed by atoms with E-state index >= 15 is 0 Å². The summed E-state index contributed by atoms with van der Waals surface area (Å²) >= 11 is 3.28. The summed E-state index contributed by atoms with van der Waals surface area (Å²) < 4.78 is 10.3. The van der Waals surface area contributed by atoms with Crippen LogP contribution in [0.25, 0.3) is 0 Å². The number of aryl methyl sites for hydroxylation is 1. The van der Waals surface area contributed by atoms with Crippen molar-refractivity contribution in [3.63, 3.8) is 0 Å². The summed E-state index contributed by atoms with van der Waals surface area (Å²) in [5, 5.41) is 0. The number of esters is 1. The number of halogens is 1. The van der Waals surface area contributed by atoms with Crippen molar-refractivity contribution in [2.24, 2.45) is 0 Å². The maximum atomic E-state index is 11.1. The molecule has 1 atom stereocenters. The van der Waals surface area contributed by atoms with Gasteiger partial charge in [0.15, 0.2) is 6.29 Å². The van der Waals surface area contributed by atoms with Crippen LogP contribution in [0, 0.1) is 6.92 Å². The first kappa shape index (κ1) is 12.7. The van der Waals surface area contributed by atoms with Crippen molar-refractivity contribution in [2.45, 2.75) is 13.0 Å². The Kier molecular flexibility index (Phi) is 4.49. The minimum absolute atomic E-state index is 0.401. The molecule has 0 fully saturated rings. The zero-order valence-corrected chi connectivity index (χ0v) is 10.5. The molecule has 5 heteroatoms. The van der Waals surface area contributed by atoms with Crippen molar-refractivity contribution < 1.29 is 19.1 Å². The van der Waals surface area contributed by atoms with Crippen molar-refractivity contribution in [3.8, 4) is 5.75 Å². The van der Waals surface area contributed by atoms with Crippen LogP contribution in [0.1, 0.15) is 5.56 Å². The number of carbonyl (C=O) groups excluding carboxylic acids is 2. The van der Waals surface area contributed by atoms with Gasteiger partial charge in [-0.05, 0) is 40.5 Å². The summed E-state index contributed by atoms with van der Waals surface area (Å²) in [4.78, 5) is 21.8. The normalized spacial score (nSPS) is 11.7. The van der Waals surface area contributed by atoms with Gasteiger partial charge >= 0.3 is 5.97 Å². The van der Waals surface area contributed by atoms with Crippen LogP contribution >= 0.6 is 15.9 Å². The van der Waals surface area contributed by atoms with E-state index in [-0.39, 0.29) is 0 Å². The van der Waals surface area contributed by atoms with E-state index in [2.05, 4.69) is 20.7 Å². The molecule has 1 aromatic rings. The monoisotopic (exact) mass is 286 g/mol. The van der Waals surface area contributed by atoms with Crippen molar-refractivity contribution in [3.05, 3.63) is 28.2 Å². The van der Waals surface area contributed by atoms with Crippen LogP contribution in [0.4, 0.5) is 0 Å². The Bertz CT molecular complexity index is 403. The molecule has 1 rings (SSSR count). The predicted octanol–water partition coefficient (Wildman–Crippen LogP) is 1.88. The molecule has 0 saturated carbocycles. The number of benzene rings is 1. The third-order valence-electron chi connectivity index (χ3n) is 1.90. The lowest BCUT2D eigenvalue weighted by Crippen LogP contribution is -2.30. The number of methoxy groups -OCH3 is 1. The number of hydrogen-bond donors (Lipinski definition) is 0. The fourth-order valence-electron chi connectivity index (χ4n) is 1.09. The molecule has 1 unspecified atom stereocenters. The molecule has 0 spiro atoms. The quantitative estimate of drug-likeness (QED) is 0.482. The van der Waals surface area contributed by atoms with Gasteiger partial charge in [0, 0.05) is 0 Å². The van der Waals surface area contributed by atoms with Gasteiger partial charge in [-0.1, -0.05) is 6.07 Å². The zero-order chi connectivity index (χ0) is 12.1. The van der Waals surface area contributed by atoms with Crippen LogP contribution < -0.4 is 4.74 Å². The van der Waals surface area contributed by atoms with Gasteiger partial charge in [-0.25, -0.2) is 4.79 Å². The van der Waals surface area contributed by atoms with Crippen LogP contribution in [0.3, 0.4) is 0 Å². The van der Waals surface area contributed by atoms with Crippen molar-refractivity contribution in [2.75, 3.05) is 7.11 Å². The van der Waals surface area contributed by atoms with Gasteiger partial charge in [0.1, 0.15) is 5.75 Å². The molecule has 0 aliphatic heterocycles. The summed E-state index contributed by atoms with van der Waals surface area (Å²) in [6, 6.07) is 5.33. The highest BCUT2D eigenvalue weighted by molar-refractivity contribution is 9.10. The first-order valence-electron chi connectivity index (χ1n) is 4.54. The van der Waals surface area contributed by atoms with E-state index in [1.165, 1.54) is 7.11 Å². The molecule has 86 valence electrons. The Labute approximate surface area is 102 Å². The number of ether oxygens (including phenoxy) is 2. The number of hydrogen-bond acceptors (Lipinski definition) is 4. The zero-order valence-electron chi connectivity index (χ0n) is 8.90. The summed E-state index contributed by atoms with van der Waals surface area (Å²) in [5.41, 5.74) is 1.04. The van der Waals surface area contributed by atoms with E-state index in [1.54, 1.807) is 6.07 Å². The van der Waals surface area contributed by atoms with Gasteiger partial charge in [0.25, 0.3) is 0 Å². The molecule has 4 nitrogen and oxygen atoms in total. The van der Waals surface area contributed by atoms with Gasteiger partial charge in [0.05, 0.1) is 11.6 Å². The molecule has 0 N–H and O–H groups in total.